The van der Waals surface area contributed by atoms with Gasteiger partial charge in [0.15, 0.2) is 0 Å². The highest BCUT2D eigenvalue weighted by atomic mass is 16.7. The maximum Gasteiger partial charge on any atom is 0.414 e. The molecule has 36 heavy (non-hydrogen) atoms. The van der Waals surface area contributed by atoms with Crippen LogP contribution in [-0.2, 0) is 39.7 Å². The van der Waals surface area contributed by atoms with Crippen molar-refractivity contribution in [3.63, 3.8) is 0 Å². The SMILES string of the molecule is COCO[C@H]1CC2=C(C[C@@H](C(=O)OC)[C@H](C(=O)OC)C2)N(C(=O)OC(C)(C)C)[C@H]1Cc1ccccc1. The third kappa shape index (κ3) is 6.44. The van der Waals surface area contributed by atoms with Crippen LogP contribution in [0.2, 0.25) is 0 Å². The summed E-state index contributed by atoms with van der Waals surface area (Å²) in [5.74, 6) is -2.49. The van der Waals surface area contributed by atoms with E-state index in [-0.39, 0.29) is 19.6 Å². The van der Waals surface area contributed by atoms with E-state index in [1.165, 1.54) is 14.2 Å². The van der Waals surface area contributed by atoms with Gasteiger partial charge in [-0.1, -0.05) is 30.3 Å². The second kappa shape index (κ2) is 11.9. The summed E-state index contributed by atoms with van der Waals surface area (Å²) in [6.45, 7) is 5.47. The fourth-order valence-corrected chi connectivity index (χ4v) is 4.99. The van der Waals surface area contributed by atoms with Crippen LogP contribution in [0.5, 0.6) is 0 Å². The van der Waals surface area contributed by atoms with E-state index in [1.54, 1.807) is 32.8 Å². The molecule has 2 aliphatic rings. The molecule has 1 aliphatic heterocycles. The van der Waals surface area contributed by atoms with Gasteiger partial charge in [0, 0.05) is 19.2 Å². The summed E-state index contributed by atoms with van der Waals surface area (Å²) >= 11 is 0. The Morgan fingerprint density at radius 3 is 2.08 bits per heavy atom. The van der Waals surface area contributed by atoms with E-state index in [0.717, 1.165) is 11.1 Å². The van der Waals surface area contributed by atoms with Gasteiger partial charge in [0.2, 0.25) is 0 Å². The second-order valence-corrected chi connectivity index (χ2v) is 10.1. The number of rotatable bonds is 7. The summed E-state index contributed by atoms with van der Waals surface area (Å²) in [4.78, 5) is 40.7. The first-order valence-electron chi connectivity index (χ1n) is 12.1. The van der Waals surface area contributed by atoms with Gasteiger partial charge < -0.3 is 23.7 Å². The fraction of sp³-hybridized carbons (Fsp3) is 0.593. The number of carbonyl (C=O) groups is 3. The summed E-state index contributed by atoms with van der Waals surface area (Å²) in [5, 5.41) is 0. The van der Waals surface area contributed by atoms with Gasteiger partial charge in [-0.2, -0.15) is 0 Å². The molecule has 4 atom stereocenters. The first-order chi connectivity index (χ1) is 17.1. The number of hydrogen-bond acceptors (Lipinski definition) is 8. The number of ether oxygens (including phenoxy) is 5. The highest BCUT2D eigenvalue weighted by Crippen LogP contribution is 2.44. The molecule has 9 nitrogen and oxygen atoms in total. The molecule has 0 spiro atoms. The average Bonchev–Trinajstić information content (AvgIpc) is 2.85. The van der Waals surface area contributed by atoms with E-state index in [2.05, 4.69) is 0 Å². The third-order valence-electron chi connectivity index (χ3n) is 6.56. The molecule has 1 heterocycles. The lowest BCUT2D eigenvalue weighted by Gasteiger charge is -2.47. The van der Waals surface area contributed by atoms with E-state index in [0.29, 0.717) is 18.5 Å². The number of nitrogens with zero attached hydrogens (tertiary/aromatic N) is 1. The summed E-state index contributed by atoms with van der Waals surface area (Å²) in [7, 11) is 4.13. The van der Waals surface area contributed by atoms with Crippen LogP contribution in [0.4, 0.5) is 4.79 Å². The van der Waals surface area contributed by atoms with Crippen LogP contribution in [0.1, 0.15) is 45.6 Å². The lowest BCUT2D eigenvalue weighted by atomic mass is 9.73. The van der Waals surface area contributed by atoms with E-state index in [1.807, 2.05) is 30.3 Å². The number of benzene rings is 1. The smallest absolute Gasteiger partial charge is 0.414 e. The van der Waals surface area contributed by atoms with Crippen LogP contribution in [0.3, 0.4) is 0 Å². The van der Waals surface area contributed by atoms with Gasteiger partial charge in [-0.25, -0.2) is 4.79 Å². The minimum atomic E-state index is -0.778. The molecule has 9 heteroatoms. The Hall–Kier alpha value is -2.91. The number of allylic oxidation sites excluding steroid dienone is 1. The summed E-state index contributed by atoms with van der Waals surface area (Å²) in [6, 6.07) is 9.40. The lowest BCUT2D eigenvalue weighted by molar-refractivity contribution is -0.158. The van der Waals surface area contributed by atoms with Gasteiger partial charge in [0.25, 0.3) is 0 Å². The molecular formula is C27H37NO8. The minimum absolute atomic E-state index is 0.0476. The quantitative estimate of drug-likeness (QED) is 0.314. The summed E-state index contributed by atoms with van der Waals surface area (Å²) in [5.41, 5.74) is 1.83. The molecule has 0 unspecified atom stereocenters. The zero-order chi connectivity index (χ0) is 26.5. The van der Waals surface area contributed by atoms with E-state index < -0.39 is 47.6 Å². The topological polar surface area (TPSA) is 101 Å². The third-order valence-corrected chi connectivity index (χ3v) is 6.56. The van der Waals surface area contributed by atoms with Crippen LogP contribution < -0.4 is 0 Å². The molecule has 0 aromatic heterocycles. The van der Waals surface area contributed by atoms with Crippen molar-refractivity contribution in [1.82, 2.24) is 4.90 Å². The lowest BCUT2D eigenvalue weighted by Crippen LogP contribution is -2.55. The van der Waals surface area contributed by atoms with Crippen LogP contribution in [0.25, 0.3) is 0 Å². The number of methoxy groups -OCH3 is 3. The zero-order valence-corrected chi connectivity index (χ0v) is 21.9. The summed E-state index contributed by atoms with van der Waals surface area (Å²) in [6.07, 6.45) is 0.465. The van der Waals surface area contributed by atoms with Crippen molar-refractivity contribution in [2.45, 2.75) is 64.2 Å². The molecule has 0 saturated heterocycles. The molecule has 0 fully saturated rings. The van der Waals surface area contributed by atoms with Gasteiger partial charge in [-0.3, -0.25) is 14.5 Å². The highest BCUT2D eigenvalue weighted by Gasteiger charge is 2.49. The zero-order valence-electron chi connectivity index (χ0n) is 21.9. The van der Waals surface area contributed by atoms with Crippen LogP contribution >= 0.6 is 0 Å². The van der Waals surface area contributed by atoms with Crippen LogP contribution in [0, 0.1) is 11.8 Å². The fourth-order valence-electron chi connectivity index (χ4n) is 4.99. The number of hydrogen-bond donors (Lipinski definition) is 0. The molecule has 3 rings (SSSR count). The number of esters is 2. The van der Waals surface area contributed by atoms with Crippen molar-refractivity contribution >= 4 is 18.0 Å². The van der Waals surface area contributed by atoms with Crippen molar-refractivity contribution in [2.75, 3.05) is 28.1 Å². The normalized spacial score (nSPS) is 24.1. The van der Waals surface area contributed by atoms with Crippen molar-refractivity contribution in [2.24, 2.45) is 11.8 Å². The van der Waals surface area contributed by atoms with Crippen LogP contribution in [-0.4, -0.2) is 68.8 Å². The monoisotopic (exact) mass is 503 g/mol. The van der Waals surface area contributed by atoms with E-state index >= 15 is 0 Å². The first-order valence-corrected chi connectivity index (χ1v) is 12.1. The van der Waals surface area contributed by atoms with E-state index in [9.17, 15) is 14.4 Å². The Kier molecular flexibility index (Phi) is 9.13. The molecule has 0 N–H and O–H groups in total. The first kappa shape index (κ1) is 27.7. The molecule has 0 bridgehead atoms. The molecule has 1 aliphatic carbocycles. The maximum absolute atomic E-state index is 13.7. The molecule has 198 valence electrons. The molecule has 1 aromatic rings. The average molecular weight is 504 g/mol. The Morgan fingerprint density at radius 1 is 0.917 bits per heavy atom. The largest absolute Gasteiger partial charge is 0.469 e. The molecule has 0 radical (unpaired) electrons. The standard InChI is InChI=1S/C27H37NO8/c1-27(2,3)36-26(31)28-21-15-20(25(30)34-6)19(24(29)33-5)13-18(21)14-23(35-16-32-4)22(28)12-17-10-8-7-9-11-17/h7-11,19-20,22-23H,12-16H2,1-6H3/t19-,20-,22+,23+/m1/s1. The van der Waals surface area contributed by atoms with Gasteiger partial charge in [0.05, 0.1) is 38.2 Å². The van der Waals surface area contributed by atoms with Gasteiger partial charge in [-0.05, 0) is 51.2 Å². The van der Waals surface area contributed by atoms with Gasteiger partial charge >= 0.3 is 18.0 Å². The van der Waals surface area contributed by atoms with E-state index in [4.69, 9.17) is 23.7 Å². The Bertz CT molecular complexity index is 968. The van der Waals surface area contributed by atoms with Crippen molar-refractivity contribution in [3.05, 3.63) is 47.2 Å². The highest BCUT2D eigenvalue weighted by molar-refractivity contribution is 5.83. The van der Waals surface area contributed by atoms with Gasteiger partial charge in [-0.15, -0.1) is 0 Å². The second-order valence-electron chi connectivity index (χ2n) is 10.1. The molecule has 1 amide bonds. The van der Waals surface area contributed by atoms with Crippen molar-refractivity contribution < 1.29 is 38.1 Å². The van der Waals surface area contributed by atoms with Crippen LogP contribution in [0.15, 0.2) is 41.6 Å². The van der Waals surface area contributed by atoms with Crippen molar-refractivity contribution in [3.8, 4) is 0 Å². The Labute approximate surface area is 212 Å². The number of carbonyl (C=O) groups excluding carboxylic acids is 3. The number of amides is 1. The summed E-state index contributed by atoms with van der Waals surface area (Å²) < 4.78 is 27.1. The molecule has 1 aromatic carbocycles. The maximum atomic E-state index is 13.7. The molecular weight excluding hydrogens is 466 g/mol. The molecule has 0 saturated carbocycles. The predicted molar refractivity (Wildman–Crippen MR) is 131 cm³/mol. The predicted octanol–water partition coefficient (Wildman–Crippen LogP) is 3.85. The minimum Gasteiger partial charge on any atom is -0.469 e. The van der Waals surface area contributed by atoms with Crippen molar-refractivity contribution in [1.29, 1.82) is 0 Å². The Morgan fingerprint density at radius 2 is 1.53 bits per heavy atom. The van der Waals surface area contributed by atoms with Gasteiger partial charge in [0.1, 0.15) is 12.4 Å². The Balaban J connectivity index is 2.10.